The molecule has 2 amide bonds. The Morgan fingerprint density at radius 3 is 2.37 bits per heavy atom. The number of nitrogens with one attached hydrogen (secondary N) is 2. The molecule has 3 aromatic rings. The number of benzene rings is 2. The predicted octanol–water partition coefficient (Wildman–Crippen LogP) is 5.42. The second kappa shape index (κ2) is 9.04. The number of rotatable bonds is 6. The molecule has 0 saturated carbocycles. The van der Waals surface area contributed by atoms with Crippen molar-refractivity contribution in [1.82, 2.24) is 0 Å². The Hall–Kier alpha value is -3.27. The monoisotopic (exact) mass is 438 g/mol. The van der Waals surface area contributed by atoms with Crippen molar-refractivity contribution in [2.75, 3.05) is 16.4 Å². The SMILES string of the molecule is O=C(CSc1ccc(F)cc1)Nc1ccc(NC(=O)c2ccco2)cc1C(F)(F)F. The third-order valence-electron chi connectivity index (χ3n) is 3.79. The summed E-state index contributed by atoms with van der Waals surface area (Å²) in [4.78, 5) is 24.6. The van der Waals surface area contributed by atoms with Gasteiger partial charge in [-0.1, -0.05) is 0 Å². The minimum absolute atomic E-state index is 0.0567. The van der Waals surface area contributed by atoms with Crippen LogP contribution in [0.2, 0.25) is 0 Å². The standard InChI is InChI=1S/C20H14F4N2O3S/c21-12-3-6-14(7-4-12)30-11-18(27)26-16-8-5-13(10-15(16)20(22,23)24)25-19(28)17-2-1-9-29-17/h1-10H,11H2,(H,25,28)(H,26,27). The summed E-state index contributed by atoms with van der Waals surface area (Å²) >= 11 is 1.05. The van der Waals surface area contributed by atoms with Crippen molar-refractivity contribution < 1.29 is 31.6 Å². The Kier molecular flexibility index (Phi) is 6.46. The molecule has 0 atom stereocenters. The van der Waals surface area contributed by atoms with Gasteiger partial charge in [-0.3, -0.25) is 9.59 Å². The Morgan fingerprint density at radius 1 is 1.00 bits per heavy atom. The Bertz CT molecular complexity index is 1040. The van der Waals surface area contributed by atoms with Crippen molar-refractivity contribution in [3.63, 3.8) is 0 Å². The molecule has 1 heterocycles. The summed E-state index contributed by atoms with van der Waals surface area (Å²) in [5, 5.41) is 4.53. The predicted molar refractivity (Wildman–Crippen MR) is 104 cm³/mol. The van der Waals surface area contributed by atoms with Crippen molar-refractivity contribution in [3.05, 3.63) is 78.0 Å². The number of hydrogen-bond donors (Lipinski definition) is 2. The highest BCUT2D eigenvalue weighted by Gasteiger charge is 2.34. The Morgan fingerprint density at radius 2 is 1.73 bits per heavy atom. The van der Waals surface area contributed by atoms with Gasteiger partial charge in [0.25, 0.3) is 5.91 Å². The normalized spacial score (nSPS) is 11.2. The highest BCUT2D eigenvalue weighted by atomic mass is 32.2. The molecule has 0 aliphatic heterocycles. The van der Waals surface area contributed by atoms with Crippen LogP contribution in [0.1, 0.15) is 16.1 Å². The lowest BCUT2D eigenvalue weighted by Crippen LogP contribution is -2.19. The average Bonchev–Trinajstić information content (AvgIpc) is 3.23. The molecule has 1 aromatic heterocycles. The van der Waals surface area contributed by atoms with Gasteiger partial charge in [-0.05, 0) is 54.6 Å². The van der Waals surface area contributed by atoms with Gasteiger partial charge in [0.1, 0.15) is 5.82 Å². The van der Waals surface area contributed by atoms with Gasteiger partial charge in [0, 0.05) is 10.6 Å². The van der Waals surface area contributed by atoms with Gasteiger partial charge < -0.3 is 15.1 Å². The summed E-state index contributed by atoms with van der Waals surface area (Å²) in [6.45, 7) is 0. The number of hydrogen-bond acceptors (Lipinski definition) is 4. The molecule has 0 aliphatic rings. The Labute approximate surface area is 172 Å². The molecule has 0 radical (unpaired) electrons. The third-order valence-corrected chi connectivity index (χ3v) is 4.80. The smallest absolute Gasteiger partial charge is 0.418 e. The highest BCUT2D eigenvalue weighted by molar-refractivity contribution is 8.00. The van der Waals surface area contributed by atoms with E-state index in [2.05, 4.69) is 10.6 Å². The first kappa shape index (κ1) is 21.4. The number of halogens is 4. The van der Waals surface area contributed by atoms with Gasteiger partial charge in [-0.15, -0.1) is 11.8 Å². The van der Waals surface area contributed by atoms with Crippen LogP contribution in [0.5, 0.6) is 0 Å². The zero-order valence-electron chi connectivity index (χ0n) is 15.1. The van der Waals surface area contributed by atoms with Crippen molar-refractivity contribution in [3.8, 4) is 0 Å². The number of amides is 2. The summed E-state index contributed by atoms with van der Waals surface area (Å²) < 4.78 is 58.2. The third kappa shape index (κ3) is 5.63. The lowest BCUT2D eigenvalue weighted by Gasteiger charge is -2.15. The van der Waals surface area contributed by atoms with Crippen LogP contribution in [0.15, 0.2) is 70.2 Å². The minimum atomic E-state index is -4.77. The van der Waals surface area contributed by atoms with E-state index in [-0.39, 0.29) is 17.2 Å². The van der Waals surface area contributed by atoms with E-state index in [1.54, 1.807) is 0 Å². The van der Waals surface area contributed by atoms with Crippen molar-refractivity contribution in [1.29, 1.82) is 0 Å². The van der Waals surface area contributed by atoms with Crippen molar-refractivity contribution in [2.24, 2.45) is 0 Å². The van der Waals surface area contributed by atoms with E-state index >= 15 is 0 Å². The van der Waals surface area contributed by atoms with E-state index in [1.165, 1.54) is 48.7 Å². The van der Waals surface area contributed by atoms with Gasteiger partial charge >= 0.3 is 6.18 Å². The zero-order chi connectivity index (χ0) is 21.7. The number of anilines is 2. The maximum Gasteiger partial charge on any atom is 0.418 e. The molecule has 2 N–H and O–H groups in total. The van der Waals surface area contributed by atoms with Crippen LogP contribution in [-0.2, 0) is 11.0 Å². The quantitative estimate of drug-likeness (QED) is 0.398. The Balaban J connectivity index is 1.71. The summed E-state index contributed by atoms with van der Waals surface area (Å²) in [7, 11) is 0. The first-order valence-electron chi connectivity index (χ1n) is 8.47. The minimum Gasteiger partial charge on any atom is -0.459 e. The zero-order valence-corrected chi connectivity index (χ0v) is 15.9. The van der Waals surface area contributed by atoms with Gasteiger partial charge in [0.05, 0.1) is 23.3 Å². The molecule has 0 aliphatic carbocycles. The average molecular weight is 438 g/mol. The molecule has 0 saturated heterocycles. The largest absolute Gasteiger partial charge is 0.459 e. The van der Waals surface area contributed by atoms with E-state index < -0.39 is 35.1 Å². The van der Waals surface area contributed by atoms with Crippen LogP contribution >= 0.6 is 11.8 Å². The second-order valence-electron chi connectivity index (χ2n) is 5.98. The molecule has 30 heavy (non-hydrogen) atoms. The fourth-order valence-electron chi connectivity index (χ4n) is 2.43. The van der Waals surface area contributed by atoms with Crippen LogP contribution in [0.25, 0.3) is 0 Å². The molecule has 0 bridgehead atoms. The molecular formula is C20H14F4N2O3S. The lowest BCUT2D eigenvalue weighted by molar-refractivity contribution is -0.136. The van der Waals surface area contributed by atoms with Gasteiger partial charge in [0.15, 0.2) is 5.76 Å². The molecule has 2 aromatic carbocycles. The molecule has 5 nitrogen and oxygen atoms in total. The fraction of sp³-hybridized carbons (Fsp3) is 0.100. The molecule has 0 fully saturated rings. The molecule has 3 rings (SSSR count). The fourth-order valence-corrected chi connectivity index (χ4v) is 3.13. The molecule has 156 valence electrons. The number of alkyl halides is 3. The van der Waals surface area contributed by atoms with Gasteiger partial charge in [-0.25, -0.2) is 4.39 Å². The molecule has 0 spiro atoms. The number of thioether (sulfide) groups is 1. The maximum atomic E-state index is 13.5. The van der Waals surface area contributed by atoms with Gasteiger partial charge in [0.2, 0.25) is 5.91 Å². The molecule has 10 heteroatoms. The van der Waals surface area contributed by atoms with Gasteiger partial charge in [-0.2, -0.15) is 13.2 Å². The molecule has 0 unspecified atom stereocenters. The first-order valence-corrected chi connectivity index (χ1v) is 9.45. The van der Waals surface area contributed by atoms with Crippen molar-refractivity contribution in [2.45, 2.75) is 11.1 Å². The van der Waals surface area contributed by atoms with Crippen LogP contribution in [0.3, 0.4) is 0 Å². The van der Waals surface area contributed by atoms with E-state index in [9.17, 15) is 27.2 Å². The number of furan rings is 1. The van der Waals surface area contributed by atoms with Crippen LogP contribution in [-0.4, -0.2) is 17.6 Å². The van der Waals surface area contributed by atoms with Crippen LogP contribution < -0.4 is 10.6 Å². The second-order valence-corrected chi connectivity index (χ2v) is 7.03. The summed E-state index contributed by atoms with van der Waals surface area (Å²) in [5.41, 5.74) is -1.66. The first-order chi connectivity index (χ1) is 14.2. The van der Waals surface area contributed by atoms with E-state index in [0.29, 0.717) is 4.90 Å². The summed E-state index contributed by atoms with van der Waals surface area (Å²) in [5.74, 6) is -2.03. The number of carbonyl (C=O) groups is 2. The summed E-state index contributed by atoms with van der Waals surface area (Å²) in [6.07, 6.45) is -3.50. The van der Waals surface area contributed by atoms with Crippen LogP contribution in [0.4, 0.5) is 28.9 Å². The molecular weight excluding hydrogens is 424 g/mol. The van der Waals surface area contributed by atoms with E-state index in [0.717, 1.165) is 23.9 Å². The van der Waals surface area contributed by atoms with E-state index in [1.807, 2.05) is 0 Å². The lowest BCUT2D eigenvalue weighted by atomic mass is 10.1. The number of carbonyl (C=O) groups excluding carboxylic acids is 2. The highest BCUT2D eigenvalue weighted by Crippen LogP contribution is 2.37. The summed E-state index contributed by atoms with van der Waals surface area (Å²) in [6, 6.07) is 11.2. The van der Waals surface area contributed by atoms with Crippen molar-refractivity contribution >= 4 is 35.0 Å². The topological polar surface area (TPSA) is 71.3 Å². The van der Waals surface area contributed by atoms with E-state index in [4.69, 9.17) is 4.42 Å². The maximum absolute atomic E-state index is 13.5. The van der Waals surface area contributed by atoms with Crippen LogP contribution in [0, 0.1) is 5.82 Å².